The van der Waals surface area contributed by atoms with Crippen LogP contribution < -0.4 is 10.1 Å². The summed E-state index contributed by atoms with van der Waals surface area (Å²) in [5, 5.41) is 2.60. The number of carbonyl (C=O) groups is 1. The average molecular weight is 467 g/mol. The fourth-order valence-electron chi connectivity index (χ4n) is 3.78. The van der Waals surface area contributed by atoms with Gasteiger partial charge in [0.2, 0.25) is 5.91 Å². The van der Waals surface area contributed by atoms with E-state index in [2.05, 4.69) is 16.9 Å². The molecule has 7 heteroatoms. The number of pyridine rings is 1. The second kappa shape index (κ2) is 10.4. The molecule has 4 nitrogen and oxygen atoms in total. The van der Waals surface area contributed by atoms with Crippen LogP contribution >= 0.6 is 0 Å². The van der Waals surface area contributed by atoms with Crippen LogP contribution in [0, 0.1) is 31.3 Å². The van der Waals surface area contributed by atoms with Gasteiger partial charge in [0.1, 0.15) is 11.6 Å². The molecular formula is C27H25F3N2O2. The van der Waals surface area contributed by atoms with Crippen molar-refractivity contribution in [2.45, 2.75) is 27.2 Å². The first-order valence-electron chi connectivity index (χ1n) is 10.6. The second-order valence-corrected chi connectivity index (χ2v) is 7.67. The number of aromatic nitrogens is 1. The van der Waals surface area contributed by atoms with Crippen LogP contribution in [-0.4, -0.2) is 18.0 Å². The van der Waals surface area contributed by atoms with Gasteiger partial charge in [0, 0.05) is 40.3 Å². The zero-order valence-electron chi connectivity index (χ0n) is 19.4. The van der Waals surface area contributed by atoms with Crippen LogP contribution in [0.3, 0.4) is 0 Å². The summed E-state index contributed by atoms with van der Waals surface area (Å²) in [5.74, 6) is -2.64. The van der Waals surface area contributed by atoms with Crippen molar-refractivity contribution < 1.29 is 22.7 Å². The van der Waals surface area contributed by atoms with E-state index in [1.54, 1.807) is 26.1 Å². The number of hydrogen-bond donors (Lipinski definition) is 1. The van der Waals surface area contributed by atoms with E-state index in [0.717, 1.165) is 12.1 Å². The first-order valence-corrected chi connectivity index (χ1v) is 10.6. The van der Waals surface area contributed by atoms with Crippen molar-refractivity contribution in [3.05, 3.63) is 95.1 Å². The molecule has 1 heterocycles. The largest absolute Gasteiger partial charge is 0.493 e. The molecule has 0 spiro atoms. The predicted molar refractivity (Wildman–Crippen MR) is 128 cm³/mol. The number of ether oxygens (including phenoxy) is 1. The number of rotatable bonds is 7. The molecule has 0 atom stereocenters. The number of nitrogens with zero attached hydrogens (tertiary/aromatic N) is 1. The summed E-state index contributed by atoms with van der Waals surface area (Å²) in [5.41, 5.74) is 4.04. The molecule has 0 bridgehead atoms. The Hall–Kier alpha value is -3.87. The van der Waals surface area contributed by atoms with Gasteiger partial charge in [-0.15, -0.1) is 0 Å². The third kappa shape index (κ3) is 5.03. The molecule has 0 aliphatic rings. The minimum absolute atomic E-state index is 0.0812. The Morgan fingerprint density at radius 2 is 1.79 bits per heavy atom. The highest BCUT2D eigenvalue weighted by atomic mass is 19.1. The first-order chi connectivity index (χ1) is 16.2. The lowest BCUT2D eigenvalue weighted by Crippen LogP contribution is -2.09. The number of hydrogen-bond acceptors (Lipinski definition) is 3. The summed E-state index contributed by atoms with van der Waals surface area (Å²) >= 11 is 0. The fourth-order valence-corrected chi connectivity index (χ4v) is 3.78. The molecule has 3 aromatic rings. The normalized spacial score (nSPS) is 11.3. The van der Waals surface area contributed by atoms with E-state index in [4.69, 9.17) is 4.74 Å². The van der Waals surface area contributed by atoms with Gasteiger partial charge in [-0.1, -0.05) is 19.6 Å². The van der Waals surface area contributed by atoms with Crippen LogP contribution in [0.15, 0.2) is 55.3 Å². The molecule has 176 valence electrons. The highest BCUT2D eigenvalue weighted by Gasteiger charge is 2.20. The Morgan fingerprint density at radius 1 is 1.09 bits per heavy atom. The number of methoxy groups -OCH3 is 1. The van der Waals surface area contributed by atoms with E-state index >= 15 is 0 Å². The number of carbonyl (C=O) groups excluding carboxylic acids is 1. The molecule has 0 aliphatic heterocycles. The molecule has 0 aliphatic carbocycles. The molecule has 0 saturated carbocycles. The Bertz CT molecular complexity index is 1300. The van der Waals surface area contributed by atoms with E-state index in [0.29, 0.717) is 45.6 Å². The topological polar surface area (TPSA) is 51.2 Å². The van der Waals surface area contributed by atoms with E-state index in [1.807, 2.05) is 13.0 Å². The third-order valence-corrected chi connectivity index (χ3v) is 5.41. The summed E-state index contributed by atoms with van der Waals surface area (Å²) in [6.45, 7) is 8.85. The van der Waals surface area contributed by atoms with Crippen molar-refractivity contribution in [1.82, 2.24) is 4.98 Å². The molecule has 0 saturated heterocycles. The van der Waals surface area contributed by atoms with E-state index in [9.17, 15) is 18.0 Å². The van der Waals surface area contributed by atoms with Crippen molar-refractivity contribution >= 4 is 17.2 Å². The Kier molecular flexibility index (Phi) is 7.56. The smallest absolute Gasteiger partial charge is 0.247 e. The van der Waals surface area contributed by atoms with Crippen LogP contribution in [0.25, 0.3) is 16.7 Å². The molecule has 0 unspecified atom stereocenters. The van der Waals surface area contributed by atoms with Crippen LogP contribution in [0.5, 0.6) is 5.75 Å². The lowest BCUT2D eigenvalue weighted by atomic mass is 9.91. The number of nitrogens with one attached hydrogen (secondary N) is 1. The van der Waals surface area contributed by atoms with Crippen molar-refractivity contribution in [2.75, 3.05) is 12.4 Å². The predicted octanol–water partition coefficient (Wildman–Crippen LogP) is 6.76. The minimum Gasteiger partial charge on any atom is -0.493 e. The van der Waals surface area contributed by atoms with Gasteiger partial charge in [-0.05, 0) is 67.3 Å². The third-order valence-electron chi connectivity index (χ3n) is 5.41. The molecular weight excluding hydrogens is 441 g/mol. The van der Waals surface area contributed by atoms with Crippen LogP contribution in [0.4, 0.5) is 18.9 Å². The number of amides is 1. The fraction of sp³-hybridized carbons (Fsp3) is 0.185. The van der Waals surface area contributed by atoms with E-state index in [1.165, 1.54) is 25.3 Å². The van der Waals surface area contributed by atoms with Crippen LogP contribution in [0.1, 0.15) is 35.7 Å². The molecule has 1 N–H and O–H groups in total. The minimum atomic E-state index is -0.815. The highest BCUT2D eigenvalue weighted by molar-refractivity contribution is 6.00. The summed E-state index contributed by atoms with van der Waals surface area (Å²) in [6.07, 6.45) is 5.10. The molecule has 34 heavy (non-hydrogen) atoms. The molecule has 1 amide bonds. The summed E-state index contributed by atoms with van der Waals surface area (Å²) in [6, 6.07) is 6.34. The van der Waals surface area contributed by atoms with Gasteiger partial charge in [-0.25, -0.2) is 13.2 Å². The summed E-state index contributed by atoms with van der Waals surface area (Å²) < 4.78 is 48.3. The number of allylic oxidation sites excluding steroid dienone is 1. The Labute approximate surface area is 196 Å². The molecule has 0 radical (unpaired) electrons. The molecule has 2 aromatic carbocycles. The van der Waals surface area contributed by atoms with Gasteiger partial charge in [0.25, 0.3) is 0 Å². The Morgan fingerprint density at radius 3 is 2.44 bits per heavy atom. The van der Waals surface area contributed by atoms with Crippen molar-refractivity contribution in [3.8, 4) is 16.9 Å². The quantitative estimate of drug-likeness (QED) is 0.392. The van der Waals surface area contributed by atoms with Gasteiger partial charge < -0.3 is 10.1 Å². The maximum Gasteiger partial charge on any atom is 0.247 e. The summed E-state index contributed by atoms with van der Waals surface area (Å²) in [4.78, 5) is 16.2. The highest BCUT2D eigenvalue weighted by Crippen LogP contribution is 2.38. The number of aryl methyl sites for hydroxylation is 1. The van der Waals surface area contributed by atoms with Crippen molar-refractivity contribution in [3.63, 3.8) is 0 Å². The monoisotopic (exact) mass is 466 g/mol. The lowest BCUT2D eigenvalue weighted by Gasteiger charge is -2.18. The van der Waals surface area contributed by atoms with Gasteiger partial charge >= 0.3 is 0 Å². The zero-order chi connectivity index (χ0) is 25.0. The van der Waals surface area contributed by atoms with E-state index in [-0.39, 0.29) is 11.3 Å². The van der Waals surface area contributed by atoms with Crippen molar-refractivity contribution in [1.29, 1.82) is 0 Å². The first kappa shape index (κ1) is 24.8. The molecule has 3 rings (SSSR count). The van der Waals surface area contributed by atoms with Gasteiger partial charge in [-0.3, -0.25) is 9.78 Å². The van der Waals surface area contributed by atoms with Gasteiger partial charge in [0.15, 0.2) is 11.6 Å². The van der Waals surface area contributed by atoms with Crippen LogP contribution in [0.2, 0.25) is 0 Å². The van der Waals surface area contributed by atoms with Gasteiger partial charge in [-0.2, -0.15) is 0 Å². The SMILES string of the molecule is C=CC(=O)Nc1cc(F)cc(-c2cnc(C)c(/C(=C\CC)c3cc(F)cc(F)c3OC)c2)c1C. The Balaban J connectivity index is 2.23. The second-order valence-electron chi connectivity index (χ2n) is 7.67. The maximum atomic E-state index is 14.5. The standard InChI is InChI=1S/C27H25F3N2O2/c1-6-8-20(23-11-18(28)12-24(30)27(23)34-5)22-9-17(14-31-16(22)4)21-10-19(29)13-25(15(21)3)32-26(33)7-2/h7-14H,2,6H2,1,3-5H3,(H,32,33)/b20-8+. The van der Waals surface area contributed by atoms with E-state index < -0.39 is 23.4 Å². The molecule has 0 fully saturated rings. The molecule has 1 aromatic heterocycles. The zero-order valence-corrected chi connectivity index (χ0v) is 19.4. The lowest BCUT2D eigenvalue weighted by molar-refractivity contribution is -0.111. The van der Waals surface area contributed by atoms with Gasteiger partial charge in [0.05, 0.1) is 7.11 Å². The summed E-state index contributed by atoms with van der Waals surface area (Å²) in [7, 11) is 1.32. The number of benzene rings is 2. The van der Waals surface area contributed by atoms with Crippen LogP contribution in [-0.2, 0) is 4.79 Å². The van der Waals surface area contributed by atoms with Crippen molar-refractivity contribution in [2.24, 2.45) is 0 Å². The number of halogens is 3. The average Bonchev–Trinajstić information content (AvgIpc) is 2.79. The maximum absolute atomic E-state index is 14.5. The number of anilines is 1.